The zero-order valence-corrected chi connectivity index (χ0v) is 12.9. The summed E-state index contributed by atoms with van der Waals surface area (Å²) in [6.07, 6.45) is 5.23. The highest BCUT2D eigenvalue weighted by molar-refractivity contribution is 5.85. The quantitative estimate of drug-likeness (QED) is 0.753. The lowest BCUT2D eigenvalue weighted by Gasteiger charge is -2.33. The van der Waals surface area contributed by atoms with Gasteiger partial charge in [0.2, 0.25) is 11.8 Å². The second-order valence-electron chi connectivity index (χ2n) is 6.15. The van der Waals surface area contributed by atoms with Gasteiger partial charge in [0.05, 0.1) is 19.2 Å². The first kappa shape index (κ1) is 16.5. The van der Waals surface area contributed by atoms with Crippen LogP contribution in [0.15, 0.2) is 0 Å². The van der Waals surface area contributed by atoms with Crippen LogP contribution in [0.3, 0.4) is 0 Å². The highest BCUT2D eigenvalue weighted by Crippen LogP contribution is 2.33. The van der Waals surface area contributed by atoms with Crippen LogP contribution in [0.4, 0.5) is 0 Å². The van der Waals surface area contributed by atoms with Crippen LogP contribution < -0.4 is 11.1 Å². The predicted molar refractivity (Wildman–Crippen MR) is 80.0 cm³/mol. The minimum absolute atomic E-state index is 0. The van der Waals surface area contributed by atoms with E-state index in [-0.39, 0.29) is 24.4 Å². The minimum atomic E-state index is -0.656. The van der Waals surface area contributed by atoms with Gasteiger partial charge in [0, 0.05) is 12.6 Å². The lowest BCUT2D eigenvalue weighted by Crippen LogP contribution is -2.54. The fraction of sp³-hybridized carbons (Fsp3) is 0.857. The van der Waals surface area contributed by atoms with Gasteiger partial charge in [-0.1, -0.05) is 12.8 Å². The molecule has 3 fully saturated rings. The topological polar surface area (TPSA) is 84.7 Å². The first-order chi connectivity index (χ1) is 9.65. The van der Waals surface area contributed by atoms with Gasteiger partial charge in [-0.05, 0) is 25.2 Å². The number of hydrogen-bond acceptors (Lipinski definition) is 4. The molecule has 3 N–H and O–H groups in total. The summed E-state index contributed by atoms with van der Waals surface area (Å²) in [4.78, 5) is 25.5. The van der Waals surface area contributed by atoms with E-state index >= 15 is 0 Å². The highest BCUT2D eigenvalue weighted by atomic mass is 35.5. The van der Waals surface area contributed by atoms with Crippen molar-refractivity contribution in [3.63, 3.8) is 0 Å². The van der Waals surface area contributed by atoms with Gasteiger partial charge in [0.25, 0.3) is 0 Å². The van der Waals surface area contributed by atoms with Crippen molar-refractivity contribution in [2.75, 3.05) is 19.7 Å². The number of nitrogens with two attached hydrogens (primary N) is 1. The smallest absolute Gasteiger partial charge is 0.248 e. The Bertz CT molecular complexity index is 393. The van der Waals surface area contributed by atoms with Crippen molar-refractivity contribution in [3.8, 4) is 0 Å². The molecular formula is C14H24ClN3O3. The van der Waals surface area contributed by atoms with Gasteiger partial charge in [0.1, 0.15) is 0 Å². The first-order valence-corrected chi connectivity index (χ1v) is 7.61. The van der Waals surface area contributed by atoms with Gasteiger partial charge >= 0.3 is 0 Å². The molecule has 2 saturated heterocycles. The maximum absolute atomic E-state index is 12.6. The van der Waals surface area contributed by atoms with E-state index in [9.17, 15) is 9.59 Å². The van der Waals surface area contributed by atoms with Crippen LogP contribution in [0.1, 0.15) is 32.1 Å². The number of carbonyl (C=O) groups excluding carboxylic acids is 2. The van der Waals surface area contributed by atoms with Crippen molar-refractivity contribution in [1.82, 2.24) is 10.2 Å². The fourth-order valence-electron chi connectivity index (χ4n) is 3.75. The summed E-state index contributed by atoms with van der Waals surface area (Å²) < 4.78 is 5.29. The average Bonchev–Trinajstić information content (AvgIpc) is 2.90. The van der Waals surface area contributed by atoms with Crippen LogP contribution in [0.5, 0.6) is 0 Å². The number of ether oxygens (including phenoxy) is 1. The molecule has 21 heavy (non-hydrogen) atoms. The zero-order chi connectivity index (χ0) is 14.1. The largest absolute Gasteiger partial charge is 0.367 e. The predicted octanol–water partition coefficient (Wildman–Crippen LogP) is 0.0416. The Morgan fingerprint density at radius 3 is 2.71 bits per heavy atom. The van der Waals surface area contributed by atoms with Crippen LogP contribution in [0.2, 0.25) is 0 Å². The summed E-state index contributed by atoms with van der Waals surface area (Å²) in [6.45, 7) is 1.23. The Labute approximate surface area is 131 Å². The molecule has 7 heteroatoms. The Balaban J connectivity index is 0.00000161. The Morgan fingerprint density at radius 2 is 2.00 bits per heavy atom. The number of primary amides is 1. The molecule has 0 aromatic carbocycles. The van der Waals surface area contributed by atoms with E-state index in [4.69, 9.17) is 10.5 Å². The molecule has 3 aliphatic rings. The van der Waals surface area contributed by atoms with E-state index in [0.29, 0.717) is 31.7 Å². The van der Waals surface area contributed by atoms with Crippen molar-refractivity contribution < 1.29 is 14.3 Å². The zero-order valence-electron chi connectivity index (χ0n) is 12.1. The van der Waals surface area contributed by atoms with Gasteiger partial charge in [-0.2, -0.15) is 0 Å². The van der Waals surface area contributed by atoms with Gasteiger partial charge in [-0.15, -0.1) is 12.4 Å². The maximum Gasteiger partial charge on any atom is 0.248 e. The number of nitrogens with zero attached hydrogens (tertiary/aromatic N) is 1. The standard InChI is InChI=1S/C14H23N3O3.ClH/c15-13(18)12-8-17(5-6-20-12)14(19)11-7-9-3-1-2-4-10(9)16-11;/h9-12,16H,1-8H2,(H2,15,18);1H. The maximum atomic E-state index is 12.6. The number of morpholine rings is 1. The molecule has 0 aromatic rings. The molecule has 0 aromatic heterocycles. The van der Waals surface area contributed by atoms with Crippen LogP contribution in [-0.4, -0.2) is 54.6 Å². The van der Waals surface area contributed by atoms with E-state index in [0.717, 1.165) is 6.42 Å². The number of nitrogens with one attached hydrogen (secondary N) is 1. The van der Waals surface area contributed by atoms with E-state index in [1.54, 1.807) is 4.90 Å². The Kier molecular flexibility index (Phi) is 5.46. The monoisotopic (exact) mass is 317 g/mol. The molecule has 2 amide bonds. The SMILES string of the molecule is Cl.NC(=O)C1CN(C(=O)C2CC3CCCCC3N2)CCO1. The van der Waals surface area contributed by atoms with Crippen LogP contribution >= 0.6 is 12.4 Å². The van der Waals surface area contributed by atoms with E-state index in [1.807, 2.05) is 0 Å². The molecule has 2 aliphatic heterocycles. The summed E-state index contributed by atoms with van der Waals surface area (Å²) >= 11 is 0. The molecule has 1 saturated carbocycles. The van der Waals surface area contributed by atoms with Crippen molar-refractivity contribution >= 4 is 24.2 Å². The second kappa shape index (κ2) is 6.94. The summed E-state index contributed by atoms with van der Waals surface area (Å²) in [5.74, 6) is 0.259. The Hall–Kier alpha value is -0.850. The number of rotatable bonds is 2. The molecule has 0 spiro atoms. The normalized spacial score (nSPS) is 35.7. The number of fused-ring (bicyclic) bond motifs is 1. The molecule has 4 unspecified atom stereocenters. The number of halogens is 1. The molecule has 120 valence electrons. The second-order valence-corrected chi connectivity index (χ2v) is 6.15. The lowest BCUT2D eigenvalue weighted by molar-refractivity contribution is -0.146. The number of amides is 2. The van der Waals surface area contributed by atoms with Gasteiger partial charge in [-0.25, -0.2) is 0 Å². The van der Waals surface area contributed by atoms with Crippen molar-refractivity contribution in [2.24, 2.45) is 11.7 Å². The van der Waals surface area contributed by atoms with E-state index in [2.05, 4.69) is 5.32 Å². The molecule has 3 rings (SSSR count). The highest BCUT2D eigenvalue weighted by Gasteiger charge is 2.40. The molecule has 0 bridgehead atoms. The fourth-order valence-corrected chi connectivity index (χ4v) is 3.75. The van der Waals surface area contributed by atoms with Crippen molar-refractivity contribution in [2.45, 2.75) is 50.3 Å². The molecule has 0 radical (unpaired) electrons. The third-order valence-electron chi connectivity index (χ3n) is 4.86. The molecule has 2 heterocycles. The lowest BCUT2D eigenvalue weighted by atomic mass is 9.85. The van der Waals surface area contributed by atoms with Crippen LogP contribution in [0.25, 0.3) is 0 Å². The molecule has 1 aliphatic carbocycles. The van der Waals surface area contributed by atoms with Crippen LogP contribution in [0, 0.1) is 5.92 Å². The molecule has 4 atom stereocenters. The van der Waals surface area contributed by atoms with Crippen molar-refractivity contribution in [3.05, 3.63) is 0 Å². The molecular weight excluding hydrogens is 294 g/mol. The summed E-state index contributed by atoms with van der Waals surface area (Å²) in [5, 5.41) is 3.49. The average molecular weight is 318 g/mol. The van der Waals surface area contributed by atoms with Crippen molar-refractivity contribution in [1.29, 1.82) is 0 Å². The van der Waals surface area contributed by atoms with Gasteiger partial charge in [0.15, 0.2) is 6.10 Å². The van der Waals surface area contributed by atoms with Gasteiger partial charge in [-0.3, -0.25) is 9.59 Å². The summed E-state index contributed by atoms with van der Waals surface area (Å²) in [5.41, 5.74) is 5.26. The number of hydrogen-bond donors (Lipinski definition) is 2. The molecule has 6 nitrogen and oxygen atoms in total. The first-order valence-electron chi connectivity index (χ1n) is 7.61. The third-order valence-corrected chi connectivity index (χ3v) is 4.86. The van der Waals surface area contributed by atoms with Crippen LogP contribution in [-0.2, 0) is 14.3 Å². The summed E-state index contributed by atoms with van der Waals surface area (Å²) in [7, 11) is 0. The third kappa shape index (κ3) is 3.49. The summed E-state index contributed by atoms with van der Waals surface area (Å²) in [6, 6.07) is 0.417. The minimum Gasteiger partial charge on any atom is -0.367 e. The van der Waals surface area contributed by atoms with E-state index < -0.39 is 12.0 Å². The van der Waals surface area contributed by atoms with Gasteiger partial charge < -0.3 is 20.7 Å². The Morgan fingerprint density at radius 1 is 1.24 bits per heavy atom. The number of carbonyl (C=O) groups is 2. The van der Waals surface area contributed by atoms with E-state index in [1.165, 1.54) is 25.7 Å².